The minimum Gasteiger partial charge on any atom is -0.444 e. The van der Waals surface area contributed by atoms with E-state index in [2.05, 4.69) is 37.4 Å². The van der Waals surface area contributed by atoms with Gasteiger partial charge in [-0.15, -0.1) is 0 Å². The number of nitrogens with zero attached hydrogens (tertiary/aromatic N) is 1. The summed E-state index contributed by atoms with van der Waals surface area (Å²) in [6.45, 7) is 11.2. The number of ether oxygens (including phenoxy) is 1. The van der Waals surface area contributed by atoms with Gasteiger partial charge in [0.25, 0.3) is 0 Å². The molecule has 0 atom stereocenters. The van der Waals surface area contributed by atoms with Crippen LogP contribution in [0.3, 0.4) is 0 Å². The molecule has 1 aromatic carbocycles. The van der Waals surface area contributed by atoms with Gasteiger partial charge in [0.15, 0.2) is 0 Å². The molecule has 0 aromatic heterocycles. The maximum atomic E-state index is 11.8. The Morgan fingerprint density at radius 2 is 1.95 bits per heavy atom. The van der Waals surface area contributed by atoms with E-state index in [-0.39, 0.29) is 6.09 Å². The summed E-state index contributed by atoms with van der Waals surface area (Å²) in [5.41, 5.74) is 3.21. The zero-order valence-corrected chi connectivity index (χ0v) is 13.0. The third-order valence-electron chi connectivity index (χ3n) is 3.27. The van der Waals surface area contributed by atoms with E-state index >= 15 is 0 Å². The fourth-order valence-electron chi connectivity index (χ4n) is 2.24. The number of carbonyl (C=O) groups is 1. The quantitative estimate of drug-likeness (QED) is 0.900. The van der Waals surface area contributed by atoms with Gasteiger partial charge in [-0.3, -0.25) is 0 Å². The van der Waals surface area contributed by atoms with Crippen molar-refractivity contribution in [2.75, 3.05) is 18.4 Å². The van der Waals surface area contributed by atoms with Crippen LogP contribution >= 0.6 is 0 Å². The van der Waals surface area contributed by atoms with Crippen molar-refractivity contribution in [1.82, 2.24) is 4.90 Å². The molecule has 1 fully saturated rings. The molecule has 1 aliphatic heterocycles. The number of carbonyl (C=O) groups excluding carboxylic acids is 1. The second-order valence-corrected chi connectivity index (χ2v) is 6.54. The number of aryl methyl sites for hydroxylation is 2. The topological polar surface area (TPSA) is 41.6 Å². The van der Waals surface area contributed by atoms with Crippen LogP contribution in [0.25, 0.3) is 0 Å². The summed E-state index contributed by atoms with van der Waals surface area (Å²) < 4.78 is 5.34. The standard InChI is InChI=1S/C16H24N2O2/c1-11-6-7-14(12(2)8-11)17-13-9-18(10-13)15(19)20-16(3,4)5/h6-8,13,17H,9-10H2,1-5H3. The zero-order valence-electron chi connectivity index (χ0n) is 13.0. The van der Waals surface area contributed by atoms with Crippen LogP contribution in [-0.2, 0) is 4.74 Å². The van der Waals surface area contributed by atoms with E-state index in [4.69, 9.17) is 4.74 Å². The molecule has 1 saturated heterocycles. The molecule has 0 saturated carbocycles. The SMILES string of the molecule is Cc1ccc(NC2CN(C(=O)OC(C)(C)C)C2)c(C)c1. The molecule has 0 spiro atoms. The van der Waals surface area contributed by atoms with Crippen molar-refractivity contribution in [3.05, 3.63) is 29.3 Å². The summed E-state index contributed by atoms with van der Waals surface area (Å²) in [6, 6.07) is 6.66. The fourth-order valence-corrected chi connectivity index (χ4v) is 2.24. The Bertz CT molecular complexity index is 500. The molecule has 1 aromatic rings. The van der Waals surface area contributed by atoms with Gasteiger partial charge in [-0.1, -0.05) is 17.7 Å². The first-order valence-electron chi connectivity index (χ1n) is 7.06. The van der Waals surface area contributed by atoms with E-state index in [1.807, 2.05) is 20.8 Å². The normalized spacial score (nSPS) is 15.8. The summed E-state index contributed by atoms with van der Waals surface area (Å²) in [5.74, 6) is 0. The lowest BCUT2D eigenvalue weighted by atomic mass is 10.1. The van der Waals surface area contributed by atoms with Gasteiger partial charge >= 0.3 is 6.09 Å². The van der Waals surface area contributed by atoms with Gasteiger partial charge in [0.1, 0.15) is 5.60 Å². The average molecular weight is 276 g/mol. The van der Waals surface area contributed by atoms with E-state index in [0.717, 1.165) is 5.69 Å². The zero-order chi connectivity index (χ0) is 14.9. The summed E-state index contributed by atoms with van der Waals surface area (Å²) in [7, 11) is 0. The van der Waals surface area contributed by atoms with Gasteiger partial charge < -0.3 is 15.0 Å². The third-order valence-corrected chi connectivity index (χ3v) is 3.27. The first-order chi connectivity index (χ1) is 9.24. The molecule has 1 aliphatic rings. The Balaban J connectivity index is 1.83. The molecule has 20 heavy (non-hydrogen) atoms. The minimum atomic E-state index is -0.427. The van der Waals surface area contributed by atoms with Gasteiger partial charge in [-0.25, -0.2) is 4.79 Å². The van der Waals surface area contributed by atoms with Gasteiger partial charge in [0, 0.05) is 18.8 Å². The van der Waals surface area contributed by atoms with Gasteiger partial charge in [-0.2, -0.15) is 0 Å². The van der Waals surface area contributed by atoms with Crippen molar-refractivity contribution in [2.45, 2.75) is 46.3 Å². The van der Waals surface area contributed by atoms with Gasteiger partial charge in [0.05, 0.1) is 6.04 Å². The molecule has 1 amide bonds. The number of rotatable bonds is 2. The van der Waals surface area contributed by atoms with Crippen molar-refractivity contribution in [3.63, 3.8) is 0 Å². The highest BCUT2D eigenvalue weighted by Crippen LogP contribution is 2.21. The smallest absolute Gasteiger partial charge is 0.410 e. The Morgan fingerprint density at radius 1 is 1.30 bits per heavy atom. The summed E-state index contributed by atoms with van der Waals surface area (Å²) in [4.78, 5) is 13.6. The molecule has 4 heteroatoms. The molecule has 110 valence electrons. The van der Waals surface area contributed by atoms with E-state index in [1.165, 1.54) is 11.1 Å². The summed E-state index contributed by atoms with van der Waals surface area (Å²) >= 11 is 0. The lowest BCUT2D eigenvalue weighted by Crippen LogP contribution is -2.58. The molecule has 2 rings (SSSR count). The highest BCUT2D eigenvalue weighted by atomic mass is 16.6. The summed E-state index contributed by atoms with van der Waals surface area (Å²) in [5, 5.41) is 3.47. The predicted octanol–water partition coefficient (Wildman–Crippen LogP) is 3.33. The lowest BCUT2D eigenvalue weighted by Gasteiger charge is -2.40. The van der Waals surface area contributed by atoms with E-state index < -0.39 is 5.60 Å². The maximum absolute atomic E-state index is 11.8. The van der Waals surface area contributed by atoms with Crippen molar-refractivity contribution in [2.24, 2.45) is 0 Å². The van der Waals surface area contributed by atoms with Crippen LogP contribution in [0.15, 0.2) is 18.2 Å². The van der Waals surface area contributed by atoms with Gasteiger partial charge in [-0.05, 0) is 46.2 Å². The summed E-state index contributed by atoms with van der Waals surface area (Å²) in [6.07, 6.45) is -0.226. The highest BCUT2D eigenvalue weighted by Gasteiger charge is 2.33. The monoisotopic (exact) mass is 276 g/mol. The molecular formula is C16H24N2O2. The molecule has 4 nitrogen and oxygen atoms in total. The number of benzene rings is 1. The Morgan fingerprint density at radius 3 is 2.50 bits per heavy atom. The number of hydrogen-bond donors (Lipinski definition) is 1. The molecule has 0 aliphatic carbocycles. The third kappa shape index (κ3) is 3.65. The molecular weight excluding hydrogens is 252 g/mol. The second kappa shape index (κ2) is 5.35. The molecule has 0 radical (unpaired) electrons. The number of nitrogens with one attached hydrogen (secondary N) is 1. The largest absolute Gasteiger partial charge is 0.444 e. The molecule has 0 bridgehead atoms. The number of likely N-dealkylation sites (tertiary alicyclic amines) is 1. The first kappa shape index (κ1) is 14.7. The molecule has 1 heterocycles. The van der Waals surface area contributed by atoms with Crippen LogP contribution in [0.4, 0.5) is 10.5 Å². The number of anilines is 1. The minimum absolute atomic E-state index is 0.226. The van der Waals surface area contributed by atoms with E-state index in [1.54, 1.807) is 4.90 Å². The second-order valence-electron chi connectivity index (χ2n) is 6.54. The number of hydrogen-bond acceptors (Lipinski definition) is 3. The fraction of sp³-hybridized carbons (Fsp3) is 0.562. The van der Waals surface area contributed by atoms with Crippen LogP contribution in [0.5, 0.6) is 0 Å². The highest BCUT2D eigenvalue weighted by molar-refractivity contribution is 5.70. The Hall–Kier alpha value is -1.71. The van der Waals surface area contributed by atoms with Crippen molar-refractivity contribution >= 4 is 11.8 Å². The van der Waals surface area contributed by atoms with E-state index in [9.17, 15) is 4.79 Å². The van der Waals surface area contributed by atoms with E-state index in [0.29, 0.717) is 19.1 Å². The Labute approximate surface area is 121 Å². The average Bonchev–Trinajstić information content (AvgIpc) is 2.22. The predicted molar refractivity (Wildman–Crippen MR) is 81.1 cm³/mol. The molecule has 1 N–H and O–H groups in total. The van der Waals surface area contributed by atoms with Crippen LogP contribution < -0.4 is 5.32 Å². The van der Waals surface area contributed by atoms with Gasteiger partial charge in [0.2, 0.25) is 0 Å². The molecule has 0 unspecified atom stereocenters. The van der Waals surface area contributed by atoms with Crippen LogP contribution in [0.2, 0.25) is 0 Å². The maximum Gasteiger partial charge on any atom is 0.410 e. The van der Waals surface area contributed by atoms with Crippen LogP contribution in [0, 0.1) is 13.8 Å². The lowest BCUT2D eigenvalue weighted by molar-refractivity contribution is 0.0105. The van der Waals surface area contributed by atoms with Crippen molar-refractivity contribution < 1.29 is 9.53 Å². The Kier molecular flexibility index (Phi) is 3.93. The number of amides is 1. The first-order valence-corrected chi connectivity index (χ1v) is 7.06. The van der Waals surface area contributed by atoms with Crippen molar-refractivity contribution in [1.29, 1.82) is 0 Å². The van der Waals surface area contributed by atoms with Crippen LogP contribution in [-0.4, -0.2) is 35.7 Å². The van der Waals surface area contributed by atoms with Crippen LogP contribution in [0.1, 0.15) is 31.9 Å². The van der Waals surface area contributed by atoms with Crippen molar-refractivity contribution in [3.8, 4) is 0 Å².